The maximum absolute atomic E-state index is 6.15. The number of halogens is 1. The Labute approximate surface area is 132 Å². The summed E-state index contributed by atoms with van der Waals surface area (Å²) in [4.78, 5) is 0.305. The lowest BCUT2D eigenvalue weighted by Crippen LogP contribution is -2.09. The molecule has 0 saturated heterocycles. The van der Waals surface area contributed by atoms with Crippen LogP contribution in [-0.2, 0) is 6.61 Å². The van der Waals surface area contributed by atoms with Crippen molar-refractivity contribution in [3.05, 3.63) is 52.5 Å². The third-order valence-electron chi connectivity index (χ3n) is 3.05. The van der Waals surface area contributed by atoms with E-state index in [0.717, 1.165) is 17.1 Å². The number of rotatable bonds is 4. The van der Waals surface area contributed by atoms with Gasteiger partial charge in [-0.3, -0.25) is 0 Å². The van der Waals surface area contributed by atoms with E-state index in [1.165, 1.54) is 0 Å². The first-order chi connectivity index (χ1) is 10.1. The summed E-state index contributed by atoms with van der Waals surface area (Å²) >= 11 is 11.1. The van der Waals surface area contributed by atoms with Crippen LogP contribution < -0.4 is 19.9 Å². The molecule has 0 saturated carbocycles. The predicted molar refractivity (Wildman–Crippen MR) is 84.2 cm³/mol. The van der Waals surface area contributed by atoms with Crippen molar-refractivity contribution in [1.82, 2.24) is 0 Å². The zero-order valence-electron chi connectivity index (χ0n) is 11.0. The highest BCUT2D eigenvalue weighted by molar-refractivity contribution is 7.80. The van der Waals surface area contributed by atoms with Crippen LogP contribution in [0.25, 0.3) is 0 Å². The molecule has 0 aromatic heterocycles. The molecule has 0 atom stereocenters. The van der Waals surface area contributed by atoms with Gasteiger partial charge in [0, 0.05) is 5.56 Å². The van der Waals surface area contributed by atoms with Gasteiger partial charge >= 0.3 is 0 Å². The number of hydrogen-bond acceptors (Lipinski definition) is 4. The molecule has 1 aliphatic rings. The van der Waals surface area contributed by atoms with E-state index in [1.807, 2.05) is 18.2 Å². The minimum Gasteiger partial charge on any atom is -0.487 e. The summed E-state index contributed by atoms with van der Waals surface area (Å²) in [5.74, 6) is 2.05. The second-order valence-electron chi connectivity index (χ2n) is 4.49. The molecule has 3 rings (SSSR count). The molecule has 108 valence electrons. The van der Waals surface area contributed by atoms with E-state index in [1.54, 1.807) is 18.2 Å². The van der Waals surface area contributed by atoms with Crippen molar-refractivity contribution >= 4 is 28.8 Å². The van der Waals surface area contributed by atoms with Crippen molar-refractivity contribution in [2.24, 2.45) is 5.73 Å². The number of ether oxygens (including phenoxy) is 3. The van der Waals surface area contributed by atoms with E-state index in [0.29, 0.717) is 27.9 Å². The molecule has 4 nitrogen and oxygen atoms in total. The SMILES string of the molecule is NC(=S)c1ccc(OCc2ccc3c(c2)OCO3)c(Cl)c1. The van der Waals surface area contributed by atoms with Gasteiger partial charge in [-0.2, -0.15) is 0 Å². The van der Waals surface area contributed by atoms with Gasteiger partial charge in [0.2, 0.25) is 6.79 Å². The van der Waals surface area contributed by atoms with E-state index < -0.39 is 0 Å². The molecular formula is C15H12ClNO3S. The van der Waals surface area contributed by atoms with Crippen molar-refractivity contribution in [3.63, 3.8) is 0 Å². The van der Waals surface area contributed by atoms with Crippen molar-refractivity contribution in [2.45, 2.75) is 6.61 Å². The molecule has 0 bridgehead atoms. The second kappa shape index (κ2) is 5.79. The van der Waals surface area contributed by atoms with Crippen LogP contribution in [0.3, 0.4) is 0 Å². The predicted octanol–water partition coefficient (Wildman–Crippen LogP) is 3.28. The maximum Gasteiger partial charge on any atom is 0.231 e. The average Bonchev–Trinajstić information content (AvgIpc) is 2.93. The smallest absolute Gasteiger partial charge is 0.231 e. The van der Waals surface area contributed by atoms with Gasteiger partial charge < -0.3 is 19.9 Å². The summed E-state index contributed by atoms with van der Waals surface area (Å²) in [6, 6.07) is 10.9. The first-order valence-electron chi connectivity index (χ1n) is 6.24. The lowest BCUT2D eigenvalue weighted by Gasteiger charge is -2.09. The van der Waals surface area contributed by atoms with E-state index in [4.69, 9.17) is 43.8 Å². The maximum atomic E-state index is 6.15. The number of nitrogens with two attached hydrogens (primary N) is 1. The highest BCUT2D eigenvalue weighted by Gasteiger charge is 2.13. The monoisotopic (exact) mass is 321 g/mol. The van der Waals surface area contributed by atoms with Crippen LogP contribution in [0.15, 0.2) is 36.4 Å². The Morgan fingerprint density at radius 3 is 2.76 bits per heavy atom. The fourth-order valence-electron chi connectivity index (χ4n) is 1.96. The number of thiocarbonyl (C=S) groups is 1. The summed E-state index contributed by atoms with van der Waals surface area (Å²) < 4.78 is 16.3. The zero-order chi connectivity index (χ0) is 14.8. The van der Waals surface area contributed by atoms with Crippen molar-refractivity contribution in [1.29, 1.82) is 0 Å². The van der Waals surface area contributed by atoms with Crippen LogP contribution in [0.2, 0.25) is 5.02 Å². The van der Waals surface area contributed by atoms with Gasteiger partial charge in [0.05, 0.1) is 5.02 Å². The van der Waals surface area contributed by atoms with E-state index >= 15 is 0 Å². The Bertz CT molecular complexity index is 705. The molecule has 1 heterocycles. The zero-order valence-corrected chi connectivity index (χ0v) is 12.5. The van der Waals surface area contributed by atoms with Gasteiger partial charge in [0.25, 0.3) is 0 Å². The summed E-state index contributed by atoms with van der Waals surface area (Å²) in [5, 5.41) is 0.473. The third kappa shape index (κ3) is 3.04. The Hall–Kier alpha value is -1.98. The Kier molecular flexibility index (Phi) is 3.86. The Morgan fingerprint density at radius 1 is 1.19 bits per heavy atom. The summed E-state index contributed by atoms with van der Waals surface area (Å²) in [5.41, 5.74) is 7.24. The average molecular weight is 322 g/mol. The van der Waals surface area contributed by atoms with Crippen LogP contribution in [-0.4, -0.2) is 11.8 Å². The van der Waals surface area contributed by atoms with Crippen molar-refractivity contribution in [3.8, 4) is 17.2 Å². The van der Waals surface area contributed by atoms with E-state index in [9.17, 15) is 0 Å². The minimum atomic E-state index is 0.256. The highest BCUT2D eigenvalue weighted by atomic mass is 35.5. The molecule has 2 aromatic carbocycles. The van der Waals surface area contributed by atoms with Gasteiger partial charge in [0.15, 0.2) is 11.5 Å². The van der Waals surface area contributed by atoms with Crippen LogP contribution >= 0.6 is 23.8 Å². The second-order valence-corrected chi connectivity index (χ2v) is 5.33. The van der Waals surface area contributed by atoms with Crippen molar-refractivity contribution < 1.29 is 14.2 Å². The molecule has 21 heavy (non-hydrogen) atoms. The van der Waals surface area contributed by atoms with Gasteiger partial charge in [-0.05, 0) is 35.9 Å². The molecule has 0 amide bonds. The molecule has 6 heteroatoms. The standard InChI is InChI=1S/C15H12ClNO3S/c16-11-6-10(15(17)21)2-4-12(11)18-7-9-1-3-13-14(5-9)20-8-19-13/h1-6H,7-8H2,(H2,17,21). The van der Waals surface area contributed by atoms with Gasteiger partial charge in [-0.1, -0.05) is 29.9 Å². The molecule has 0 spiro atoms. The van der Waals surface area contributed by atoms with Crippen LogP contribution in [0.1, 0.15) is 11.1 Å². The molecule has 2 aromatic rings. The first kappa shape index (κ1) is 14.0. The normalized spacial score (nSPS) is 12.2. The molecule has 0 aliphatic carbocycles. The van der Waals surface area contributed by atoms with E-state index in [-0.39, 0.29) is 6.79 Å². The van der Waals surface area contributed by atoms with Gasteiger partial charge in [-0.15, -0.1) is 0 Å². The van der Waals surface area contributed by atoms with Crippen LogP contribution in [0, 0.1) is 0 Å². The first-order valence-corrected chi connectivity index (χ1v) is 7.03. The topological polar surface area (TPSA) is 53.7 Å². The summed E-state index contributed by atoms with van der Waals surface area (Å²) in [7, 11) is 0. The number of fused-ring (bicyclic) bond motifs is 1. The fourth-order valence-corrected chi connectivity index (χ4v) is 2.33. The molecule has 0 radical (unpaired) electrons. The lowest BCUT2D eigenvalue weighted by molar-refractivity contribution is 0.174. The molecule has 0 unspecified atom stereocenters. The van der Waals surface area contributed by atoms with Gasteiger partial charge in [0.1, 0.15) is 17.3 Å². The molecule has 2 N–H and O–H groups in total. The summed E-state index contributed by atoms with van der Waals surface area (Å²) in [6.07, 6.45) is 0. The number of benzene rings is 2. The quantitative estimate of drug-likeness (QED) is 0.876. The van der Waals surface area contributed by atoms with E-state index in [2.05, 4.69) is 0 Å². The largest absolute Gasteiger partial charge is 0.487 e. The van der Waals surface area contributed by atoms with Crippen molar-refractivity contribution in [2.75, 3.05) is 6.79 Å². The third-order valence-corrected chi connectivity index (χ3v) is 3.58. The fraction of sp³-hybridized carbons (Fsp3) is 0.133. The van der Waals surface area contributed by atoms with Gasteiger partial charge in [-0.25, -0.2) is 0 Å². The highest BCUT2D eigenvalue weighted by Crippen LogP contribution is 2.33. The minimum absolute atomic E-state index is 0.256. The Balaban J connectivity index is 1.71. The van der Waals surface area contributed by atoms with Crippen LogP contribution in [0.4, 0.5) is 0 Å². The molecular weight excluding hydrogens is 310 g/mol. The molecule has 1 aliphatic heterocycles. The lowest BCUT2D eigenvalue weighted by atomic mass is 10.2. The molecule has 0 fully saturated rings. The Morgan fingerprint density at radius 2 is 2.00 bits per heavy atom. The van der Waals surface area contributed by atoms with Crippen LogP contribution in [0.5, 0.6) is 17.2 Å². The number of hydrogen-bond donors (Lipinski definition) is 1. The summed E-state index contributed by atoms with van der Waals surface area (Å²) in [6.45, 7) is 0.634.